The first-order chi connectivity index (χ1) is 12.5. The van der Waals surface area contributed by atoms with Crippen LogP contribution in [0, 0.1) is 6.92 Å². The van der Waals surface area contributed by atoms with E-state index in [0.717, 1.165) is 5.56 Å². The lowest BCUT2D eigenvalue weighted by Crippen LogP contribution is -2.45. The second kappa shape index (κ2) is 8.93. The first kappa shape index (κ1) is 19.4. The number of methoxy groups -OCH3 is 1. The molecule has 0 radical (unpaired) electrons. The standard InChI is InChI=1S/C17H23N5O4/c1-4-6-14(17(24)25)18-16(23)15(22-11(2)19-20-21-22)10-12-7-5-8-13(9-12)26-3/h5,7-9,14-15H,4,6,10H2,1-3H3,(H,18,23)(H,24,25). The molecule has 2 aromatic rings. The molecule has 2 atom stereocenters. The number of amides is 1. The van der Waals surface area contributed by atoms with Crippen molar-refractivity contribution in [2.75, 3.05) is 7.11 Å². The molecule has 1 aromatic heterocycles. The van der Waals surface area contributed by atoms with Gasteiger partial charge in [-0.3, -0.25) is 4.79 Å². The van der Waals surface area contributed by atoms with Gasteiger partial charge in [-0.2, -0.15) is 0 Å². The molecule has 1 heterocycles. The highest BCUT2D eigenvalue weighted by Gasteiger charge is 2.28. The Morgan fingerprint density at radius 2 is 2.15 bits per heavy atom. The molecule has 0 aliphatic heterocycles. The molecule has 2 unspecified atom stereocenters. The van der Waals surface area contributed by atoms with E-state index >= 15 is 0 Å². The monoisotopic (exact) mass is 361 g/mol. The maximum Gasteiger partial charge on any atom is 0.326 e. The van der Waals surface area contributed by atoms with Gasteiger partial charge in [0, 0.05) is 6.42 Å². The van der Waals surface area contributed by atoms with Crippen molar-refractivity contribution >= 4 is 11.9 Å². The Bertz CT molecular complexity index is 761. The largest absolute Gasteiger partial charge is 0.497 e. The Hall–Kier alpha value is -2.97. The quantitative estimate of drug-likeness (QED) is 0.687. The molecule has 0 saturated carbocycles. The van der Waals surface area contributed by atoms with Gasteiger partial charge in [0.05, 0.1) is 7.11 Å². The van der Waals surface area contributed by atoms with E-state index in [1.165, 1.54) is 4.68 Å². The fraction of sp³-hybridized carbons (Fsp3) is 0.471. The first-order valence-corrected chi connectivity index (χ1v) is 8.36. The van der Waals surface area contributed by atoms with Crippen LogP contribution in [-0.2, 0) is 16.0 Å². The van der Waals surface area contributed by atoms with Gasteiger partial charge in [-0.15, -0.1) is 5.10 Å². The van der Waals surface area contributed by atoms with Crippen LogP contribution in [-0.4, -0.2) is 50.3 Å². The molecule has 9 heteroatoms. The van der Waals surface area contributed by atoms with E-state index in [1.54, 1.807) is 14.0 Å². The van der Waals surface area contributed by atoms with E-state index in [1.807, 2.05) is 31.2 Å². The predicted octanol–water partition coefficient (Wildman–Crippen LogP) is 1.14. The number of aliphatic carboxylic acids is 1. The zero-order chi connectivity index (χ0) is 19.1. The summed E-state index contributed by atoms with van der Waals surface area (Å²) < 4.78 is 6.62. The Morgan fingerprint density at radius 3 is 2.73 bits per heavy atom. The number of carbonyl (C=O) groups excluding carboxylic acids is 1. The summed E-state index contributed by atoms with van der Waals surface area (Å²) in [5.41, 5.74) is 0.849. The van der Waals surface area contributed by atoms with Crippen molar-refractivity contribution in [3.8, 4) is 5.75 Å². The summed E-state index contributed by atoms with van der Waals surface area (Å²) in [6.45, 7) is 3.55. The van der Waals surface area contributed by atoms with Crippen LogP contribution >= 0.6 is 0 Å². The maximum atomic E-state index is 12.8. The molecular formula is C17H23N5O4. The van der Waals surface area contributed by atoms with Gasteiger partial charge in [-0.05, 0) is 41.5 Å². The van der Waals surface area contributed by atoms with E-state index in [4.69, 9.17) is 4.74 Å². The minimum Gasteiger partial charge on any atom is -0.497 e. The molecule has 26 heavy (non-hydrogen) atoms. The third-order valence-corrected chi connectivity index (χ3v) is 4.01. The van der Waals surface area contributed by atoms with Crippen molar-refractivity contribution in [2.45, 2.75) is 45.2 Å². The van der Waals surface area contributed by atoms with Crippen molar-refractivity contribution in [3.05, 3.63) is 35.7 Å². The summed E-state index contributed by atoms with van der Waals surface area (Å²) in [6.07, 6.45) is 1.29. The lowest BCUT2D eigenvalue weighted by molar-refractivity contribution is -0.142. The van der Waals surface area contributed by atoms with Gasteiger partial charge in [-0.25, -0.2) is 9.48 Å². The van der Waals surface area contributed by atoms with Gasteiger partial charge < -0.3 is 15.2 Å². The second-order valence-corrected chi connectivity index (χ2v) is 5.93. The molecular weight excluding hydrogens is 338 g/mol. The molecule has 2 N–H and O–H groups in total. The van der Waals surface area contributed by atoms with Gasteiger partial charge in [0.15, 0.2) is 0 Å². The predicted molar refractivity (Wildman–Crippen MR) is 92.8 cm³/mol. The summed E-state index contributed by atoms with van der Waals surface area (Å²) in [6, 6.07) is 5.60. The van der Waals surface area contributed by atoms with Crippen LogP contribution in [0.1, 0.15) is 37.2 Å². The highest BCUT2D eigenvalue weighted by Crippen LogP contribution is 2.19. The topological polar surface area (TPSA) is 119 Å². The number of tetrazole rings is 1. The number of carboxylic acid groups (broad SMARTS) is 1. The number of aromatic nitrogens is 4. The number of aryl methyl sites for hydroxylation is 1. The number of ether oxygens (including phenoxy) is 1. The van der Waals surface area contributed by atoms with Gasteiger partial charge >= 0.3 is 5.97 Å². The highest BCUT2D eigenvalue weighted by atomic mass is 16.5. The number of nitrogens with zero attached hydrogens (tertiary/aromatic N) is 4. The van der Waals surface area contributed by atoms with Crippen LogP contribution < -0.4 is 10.1 Å². The van der Waals surface area contributed by atoms with Crippen molar-refractivity contribution < 1.29 is 19.4 Å². The number of hydrogen-bond donors (Lipinski definition) is 2. The number of carbonyl (C=O) groups is 2. The molecule has 0 bridgehead atoms. The smallest absolute Gasteiger partial charge is 0.326 e. The molecule has 1 aromatic carbocycles. The molecule has 0 saturated heterocycles. The summed E-state index contributed by atoms with van der Waals surface area (Å²) in [5, 5.41) is 23.2. The zero-order valence-corrected chi connectivity index (χ0v) is 15.0. The van der Waals surface area contributed by atoms with Crippen LogP contribution in [0.3, 0.4) is 0 Å². The van der Waals surface area contributed by atoms with E-state index in [9.17, 15) is 14.7 Å². The molecule has 140 valence electrons. The minimum atomic E-state index is -1.06. The van der Waals surface area contributed by atoms with Crippen LogP contribution in [0.15, 0.2) is 24.3 Å². The Balaban J connectivity index is 2.27. The number of hydrogen-bond acceptors (Lipinski definition) is 6. The van der Waals surface area contributed by atoms with Crippen molar-refractivity contribution in [1.29, 1.82) is 0 Å². The lowest BCUT2D eigenvalue weighted by atomic mass is 10.0. The van der Waals surface area contributed by atoms with Crippen LogP contribution in [0.5, 0.6) is 5.75 Å². The van der Waals surface area contributed by atoms with Gasteiger partial charge in [-0.1, -0.05) is 25.5 Å². The normalized spacial score (nSPS) is 13.0. The maximum absolute atomic E-state index is 12.8. The van der Waals surface area contributed by atoms with Gasteiger partial charge in [0.1, 0.15) is 23.7 Å². The molecule has 0 spiro atoms. The van der Waals surface area contributed by atoms with Gasteiger partial charge in [0.2, 0.25) is 5.91 Å². The van der Waals surface area contributed by atoms with E-state index in [2.05, 4.69) is 20.8 Å². The third-order valence-electron chi connectivity index (χ3n) is 4.01. The van der Waals surface area contributed by atoms with E-state index in [0.29, 0.717) is 30.8 Å². The van der Waals surface area contributed by atoms with Crippen molar-refractivity contribution in [1.82, 2.24) is 25.5 Å². The molecule has 0 aliphatic rings. The fourth-order valence-electron chi connectivity index (χ4n) is 2.65. The molecule has 0 fully saturated rings. The first-order valence-electron chi connectivity index (χ1n) is 8.36. The number of benzene rings is 1. The number of rotatable bonds is 9. The van der Waals surface area contributed by atoms with Gasteiger partial charge in [0.25, 0.3) is 0 Å². The average Bonchev–Trinajstić information content (AvgIpc) is 3.05. The molecule has 1 amide bonds. The van der Waals surface area contributed by atoms with E-state index < -0.39 is 24.0 Å². The Morgan fingerprint density at radius 1 is 1.38 bits per heavy atom. The minimum absolute atomic E-state index is 0.299. The van der Waals surface area contributed by atoms with E-state index in [-0.39, 0.29) is 0 Å². The van der Waals surface area contributed by atoms with Crippen LogP contribution in [0.4, 0.5) is 0 Å². The lowest BCUT2D eigenvalue weighted by Gasteiger charge is -2.21. The summed E-state index contributed by atoms with van der Waals surface area (Å²) in [4.78, 5) is 24.2. The van der Waals surface area contributed by atoms with Crippen LogP contribution in [0.25, 0.3) is 0 Å². The Kier molecular flexibility index (Phi) is 6.65. The van der Waals surface area contributed by atoms with Crippen molar-refractivity contribution in [2.24, 2.45) is 0 Å². The fourth-order valence-corrected chi connectivity index (χ4v) is 2.65. The molecule has 0 aliphatic carbocycles. The van der Waals surface area contributed by atoms with Crippen molar-refractivity contribution in [3.63, 3.8) is 0 Å². The zero-order valence-electron chi connectivity index (χ0n) is 15.0. The highest BCUT2D eigenvalue weighted by molar-refractivity contribution is 5.86. The summed E-state index contributed by atoms with van der Waals surface area (Å²) in [5.74, 6) is -0.363. The number of nitrogens with one attached hydrogen (secondary N) is 1. The summed E-state index contributed by atoms with van der Waals surface area (Å²) >= 11 is 0. The molecule has 2 rings (SSSR count). The van der Waals surface area contributed by atoms with Crippen LogP contribution in [0.2, 0.25) is 0 Å². The SMILES string of the molecule is CCCC(NC(=O)C(Cc1cccc(OC)c1)n1nnnc1C)C(=O)O. The molecule has 9 nitrogen and oxygen atoms in total. The average molecular weight is 361 g/mol. The Labute approximate surface area is 151 Å². The summed E-state index contributed by atoms with van der Waals surface area (Å²) in [7, 11) is 1.57. The third kappa shape index (κ3) is 4.78. The second-order valence-electron chi connectivity index (χ2n) is 5.93. The number of carboxylic acids is 1.